The zero-order valence-corrected chi connectivity index (χ0v) is 12.5. The predicted octanol–water partition coefficient (Wildman–Crippen LogP) is 4.78. The smallest absolute Gasteiger partial charge is 0.0453 e. The van der Waals surface area contributed by atoms with Crippen LogP contribution in [0.25, 0.3) is 0 Å². The summed E-state index contributed by atoms with van der Waals surface area (Å²) in [7, 11) is 0. The van der Waals surface area contributed by atoms with E-state index in [1.54, 1.807) is 0 Å². The van der Waals surface area contributed by atoms with Gasteiger partial charge < -0.3 is 5.32 Å². The second-order valence-corrected chi connectivity index (χ2v) is 5.93. The third-order valence-electron chi connectivity index (χ3n) is 2.94. The van der Waals surface area contributed by atoms with E-state index in [-0.39, 0.29) is 6.04 Å². The molecule has 0 fully saturated rings. The van der Waals surface area contributed by atoms with Gasteiger partial charge in [0.05, 0.1) is 0 Å². The largest absolute Gasteiger partial charge is 0.309 e. The van der Waals surface area contributed by atoms with Crippen LogP contribution < -0.4 is 5.32 Å². The standard InChI is InChI=1S/C16H18ClNS/c1-13(15-9-5-6-10-16(15)17)18-11-12-19-14-7-3-2-4-8-14/h2-10,13,18H,11-12H2,1H3/t13-/m0/s1. The van der Waals surface area contributed by atoms with Crippen LogP contribution in [-0.2, 0) is 0 Å². The van der Waals surface area contributed by atoms with Crippen LogP contribution >= 0.6 is 23.4 Å². The molecule has 1 N–H and O–H groups in total. The SMILES string of the molecule is C[C@H](NCCSc1ccccc1)c1ccccc1Cl. The van der Waals surface area contributed by atoms with Crippen molar-refractivity contribution in [2.24, 2.45) is 0 Å². The fourth-order valence-corrected chi connectivity index (χ4v) is 3.00. The Balaban J connectivity index is 1.76. The van der Waals surface area contributed by atoms with Gasteiger partial charge in [-0.05, 0) is 30.7 Å². The molecule has 0 amide bonds. The molecule has 0 aliphatic carbocycles. The van der Waals surface area contributed by atoms with Crippen molar-refractivity contribution in [2.45, 2.75) is 17.9 Å². The van der Waals surface area contributed by atoms with Crippen LogP contribution in [0.2, 0.25) is 5.02 Å². The van der Waals surface area contributed by atoms with E-state index in [1.165, 1.54) is 4.90 Å². The molecule has 3 heteroatoms. The molecule has 0 spiro atoms. The normalized spacial score (nSPS) is 12.3. The highest BCUT2D eigenvalue weighted by atomic mass is 35.5. The van der Waals surface area contributed by atoms with Crippen LogP contribution in [0.4, 0.5) is 0 Å². The molecule has 0 heterocycles. The molecule has 0 aliphatic heterocycles. The van der Waals surface area contributed by atoms with E-state index in [2.05, 4.69) is 42.6 Å². The van der Waals surface area contributed by atoms with Crippen molar-refractivity contribution in [3.63, 3.8) is 0 Å². The van der Waals surface area contributed by atoms with Crippen LogP contribution in [0.15, 0.2) is 59.5 Å². The van der Waals surface area contributed by atoms with E-state index >= 15 is 0 Å². The van der Waals surface area contributed by atoms with Crippen molar-refractivity contribution in [3.8, 4) is 0 Å². The van der Waals surface area contributed by atoms with Crippen LogP contribution in [0.1, 0.15) is 18.5 Å². The molecule has 0 bridgehead atoms. The minimum atomic E-state index is 0.282. The van der Waals surface area contributed by atoms with Gasteiger partial charge in [0.25, 0.3) is 0 Å². The summed E-state index contributed by atoms with van der Waals surface area (Å²) in [6.45, 7) is 3.11. The molecular weight excluding hydrogens is 274 g/mol. The van der Waals surface area contributed by atoms with Crippen LogP contribution in [0, 0.1) is 0 Å². The molecule has 2 aromatic carbocycles. The summed E-state index contributed by atoms with van der Waals surface area (Å²) in [5.74, 6) is 1.05. The maximum atomic E-state index is 6.18. The van der Waals surface area contributed by atoms with Gasteiger partial charge in [-0.3, -0.25) is 0 Å². The van der Waals surface area contributed by atoms with Gasteiger partial charge in [-0.15, -0.1) is 11.8 Å². The lowest BCUT2D eigenvalue weighted by Gasteiger charge is -2.15. The zero-order valence-electron chi connectivity index (χ0n) is 11.0. The van der Waals surface area contributed by atoms with Gasteiger partial charge in [-0.2, -0.15) is 0 Å². The van der Waals surface area contributed by atoms with Crippen LogP contribution in [0.5, 0.6) is 0 Å². The fourth-order valence-electron chi connectivity index (χ4n) is 1.90. The number of benzene rings is 2. The highest BCUT2D eigenvalue weighted by Crippen LogP contribution is 2.22. The van der Waals surface area contributed by atoms with Gasteiger partial charge in [0.1, 0.15) is 0 Å². The molecule has 0 aromatic heterocycles. The van der Waals surface area contributed by atoms with Gasteiger partial charge in [-0.25, -0.2) is 0 Å². The first-order valence-electron chi connectivity index (χ1n) is 6.43. The second-order valence-electron chi connectivity index (χ2n) is 4.36. The lowest BCUT2D eigenvalue weighted by Crippen LogP contribution is -2.21. The van der Waals surface area contributed by atoms with E-state index in [4.69, 9.17) is 11.6 Å². The second kappa shape index (κ2) is 7.59. The van der Waals surface area contributed by atoms with Crippen LogP contribution in [-0.4, -0.2) is 12.3 Å². The average Bonchev–Trinajstić information content (AvgIpc) is 2.45. The molecule has 19 heavy (non-hydrogen) atoms. The minimum Gasteiger partial charge on any atom is -0.309 e. The van der Waals surface area contributed by atoms with Crippen molar-refractivity contribution < 1.29 is 0 Å². The van der Waals surface area contributed by atoms with Crippen molar-refractivity contribution in [1.29, 1.82) is 0 Å². The molecule has 0 saturated heterocycles. The lowest BCUT2D eigenvalue weighted by atomic mass is 10.1. The predicted molar refractivity (Wildman–Crippen MR) is 85.0 cm³/mol. The van der Waals surface area contributed by atoms with Crippen molar-refractivity contribution >= 4 is 23.4 Å². The fraction of sp³-hybridized carbons (Fsp3) is 0.250. The van der Waals surface area contributed by atoms with E-state index in [0.29, 0.717) is 0 Å². The molecule has 0 radical (unpaired) electrons. The monoisotopic (exact) mass is 291 g/mol. The summed E-state index contributed by atoms with van der Waals surface area (Å²) in [5.41, 5.74) is 1.16. The van der Waals surface area contributed by atoms with Gasteiger partial charge in [0.15, 0.2) is 0 Å². The Kier molecular flexibility index (Phi) is 5.77. The molecule has 1 nitrogen and oxygen atoms in total. The molecule has 0 aliphatic rings. The maximum Gasteiger partial charge on any atom is 0.0453 e. The molecule has 100 valence electrons. The van der Waals surface area contributed by atoms with Crippen molar-refractivity contribution in [3.05, 3.63) is 65.2 Å². The van der Waals surface area contributed by atoms with Gasteiger partial charge in [0, 0.05) is 28.3 Å². The summed E-state index contributed by atoms with van der Waals surface area (Å²) < 4.78 is 0. The Labute approximate surface area is 124 Å². The Hall–Kier alpha value is -0.960. The topological polar surface area (TPSA) is 12.0 Å². The summed E-state index contributed by atoms with van der Waals surface area (Å²) in [5, 5.41) is 4.34. The summed E-state index contributed by atoms with van der Waals surface area (Å²) in [4.78, 5) is 1.31. The van der Waals surface area contributed by atoms with Gasteiger partial charge in [0.2, 0.25) is 0 Å². The molecule has 2 rings (SSSR count). The highest BCUT2D eigenvalue weighted by Gasteiger charge is 2.07. The minimum absolute atomic E-state index is 0.282. The third-order valence-corrected chi connectivity index (χ3v) is 4.29. The third kappa shape index (κ3) is 4.57. The number of thioether (sulfide) groups is 1. The Morgan fingerprint density at radius 1 is 1.05 bits per heavy atom. The number of halogens is 1. The van der Waals surface area contributed by atoms with E-state index in [1.807, 2.05) is 36.0 Å². The first-order chi connectivity index (χ1) is 9.27. The Bertz CT molecular complexity index is 501. The summed E-state index contributed by atoms with van der Waals surface area (Å²) in [6.07, 6.45) is 0. The molecule has 1 atom stereocenters. The average molecular weight is 292 g/mol. The van der Waals surface area contributed by atoms with Crippen molar-refractivity contribution in [2.75, 3.05) is 12.3 Å². The maximum absolute atomic E-state index is 6.18. The van der Waals surface area contributed by atoms with E-state index < -0.39 is 0 Å². The number of hydrogen-bond donors (Lipinski definition) is 1. The Morgan fingerprint density at radius 2 is 1.74 bits per heavy atom. The molecule has 2 aromatic rings. The number of rotatable bonds is 6. The summed E-state index contributed by atoms with van der Waals surface area (Å²) in [6, 6.07) is 18.8. The number of nitrogens with one attached hydrogen (secondary N) is 1. The lowest BCUT2D eigenvalue weighted by molar-refractivity contribution is 0.601. The van der Waals surface area contributed by atoms with E-state index in [0.717, 1.165) is 22.9 Å². The Morgan fingerprint density at radius 3 is 2.47 bits per heavy atom. The van der Waals surface area contributed by atoms with Gasteiger partial charge >= 0.3 is 0 Å². The van der Waals surface area contributed by atoms with Gasteiger partial charge in [-0.1, -0.05) is 48.0 Å². The van der Waals surface area contributed by atoms with E-state index in [9.17, 15) is 0 Å². The molecule has 0 saturated carbocycles. The first-order valence-corrected chi connectivity index (χ1v) is 7.79. The number of hydrogen-bond acceptors (Lipinski definition) is 2. The quantitative estimate of drug-likeness (QED) is 0.607. The van der Waals surface area contributed by atoms with Crippen molar-refractivity contribution in [1.82, 2.24) is 5.32 Å². The first kappa shape index (κ1) is 14.4. The highest BCUT2D eigenvalue weighted by molar-refractivity contribution is 7.99. The molecular formula is C16H18ClNS. The zero-order chi connectivity index (χ0) is 13.5. The molecule has 0 unspecified atom stereocenters. The summed E-state index contributed by atoms with van der Waals surface area (Å²) >= 11 is 8.05. The van der Waals surface area contributed by atoms with Crippen LogP contribution in [0.3, 0.4) is 0 Å².